The first kappa shape index (κ1) is 12.1. The Kier molecular flexibility index (Phi) is 3.80. The number of benzene rings is 1. The van der Waals surface area contributed by atoms with E-state index in [4.69, 9.17) is 4.74 Å². The van der Waals surface area contributed by atoms with E-state index in [0.717, 1.165) is 35.8 Å². The van der Waals surface area contributed by atoms with Crippen molar-refractivity contribution in [2.24, 2.45) is 0 Å². The lowest BCUT2D eigenvalue weighted by Gasteiger charge is -2.32. The van der Waals surface area contributed by atoms with Crippen molar-refractivity contribution in [2.75, 3.05) is 23.9 Å². The lowest BCUT2D eigenvalue weighted by molar-refractivity contribution is 0.414. The zero-order valence-corrected chi connectivity index (χ0v) is 10.7. The number of ether oxygens (including phenoxy) is 1. The summed E-state index contributed by atoms with van der Waals surface area (Å²) in [5, 5.41) is 12.8. The van der Waals surface area contributed by atoms with Crippen LogP contribution in [0.15, 0.2) is 24.3 Å². The van der Waals surface area contributed by atoms with Crippen molar-refractivity contribution in [3.05, 3.63) is 24.3 Å². The summed E-state index contributed by atoms with van der Waals surface area (Å²) in [5.74, 6) is 2.87. The molecule has 90 valence electrons. The van der Waals surface area contributed by atoms with E-state index in [0.29, 0.717) is 0 Å². The van der Waals surface area contributed by atoms with Gasteiger partial charge in [0.15, 0.2) is 0 Å². The molecule has 1 aromatic rings. The van der Waals surface area contributed by atoms with E-state index in [9.17, 15) is 5.26 Å². The fourth-order valence-electron chi connectivity index (χ4n) is 1.99. The standard InChI is InChI=1S/C13H16N2OS/c1-16-12-5-3-2-4-11(12)15-13(10-14)6-8-17-9-7-13/h2-5,15H,6-9H2,1H3. The van der Waals surface area contributed by atoms with Gasteiger partial charge in [-0.25, -0.2) is 0 Å². The molecule has 0 aliphatic carbocycles. The first-order chi connectivity index (χ1) is 8.29. The molecule has 2 rings (SSSR count). The lowest BCUT2D eigenvalue weighted by atomic mass is 9.93. The van der Waals surface area contributed by atoms with Gasteiger partial charge in [-0.05, 0) is 36.5 Å². The second kappa shape index (κ2) is 5.33. The maximum Gasteiger partial charge on any atom is 0.141 e. The second-order valence-electron chi connectivity index (χ2n) is 4.13. The molecule has 1 heterocycles. The summed E-state index contributed by atoms with van der Waals surface area (Å²) in [7, 11) is 1.65. The Hall–Kier alpha value is -1.34. The van der Waals surface area contributed by atoms with Gasteiger partial charge in [-0.2, -0.15) is 17.0 Å². The van der Waals surface area contributed by atoms with Crippen molar-refractivity contribution in [1.82, 2.24) is 0 Å². The summed E-state index contributed by atoms with van der Waals surface area (Å²) >= 11 is 1.91. The van der Waals surface area contributed by atoms with Crippen LogP contribution < -0.4 is 10.1 Å². The number of nitriles is 1. The molecule has 0 saturated carbocycles. The number of methoxy groups -OCH3 is 1. The highest BCUT2D eigenvalue weighted by Gasteiger charge is 2.32. The molecule has 1 saturated heterocycles. The number of nitrogens with one attached hydrogen (secondary N) is 1. The van der Waals surface area contributed by atoms with E-state index in [1.165, 1.54) is 0 Å². The van der Waals surface area contributed by atoms with Gasteiger partial charge in [-0.3, -0.25) is 0 Å². The van der Waals surface area contributed by atoms with Crippen molar-refractivity contribution in [3.8, 4) is 11.8 Å². The SMILES string of the molecule is COc1ccccc1NC1(C#N)CCSCC1. The zero-order valence-electron chi connectivity index (χ0n) is 9.90. The van der Waals surface area contributed by atoms with Crippen LogP contribution in [-0.4, -0.2) is 24.2 Å². The molecule has 17 heavy (non-hydrogen) atoms. The molecule has 1 aliphatic rings. The fraction of sp³-hybridized carbons (Fsp3) is 0.462. The van der Waals surface area contributed by atoms with Crippen LogP contribution in [0.4, 0.5) is 5.69 Å². The van der Waals surface area contributed by atoms with Gasteiger partial charge in [-0.15, -0.1) is 0 Å². The second-order valence-corrected chi connectivity index (χ2v) is 5.36. The summed E-state index contributed by atoms with van der Waals surface area (Å²) in [6.45, 7) is 0. The molecule has 4 heteroatoms. The summed E-state index contributed by atoms with van der Waals surface area (Å²) in [4.78, 5) is 0. The van der Waals surface area contributed by atoms with E-state index >= 15 is 0 Å². The van der Waals surface area contributed by atoms with Gasteiger partial charge in [0, 0.05) is 0 Å². The maximum atomic E-state index is 9.40. The molecule has 0 atom stereocenters. The van der Waals surface area contributed by atoms with Gasteiger partial charge in [0.05, 0.1) is 18.9 Å². The average molecular weight is 248 g/mol. The zero-order chi connectivity index (χ0) is 12.1. The number of nitrogens with zero attached hydrogens (tertiary/aromatic N) is 1. The van der Waals surface area contributed by atoms with Gasteiger partial charge < -0.3 is 10.1 Å². The molecule has 1 aromatic carbocycles. The third-order valence-electron chi connectivity index (χ3n) is 3.04. The number of thioether (sulfide) groups is 1. The van der Waals surface area contributed by atoms with E-state index in [2.05, 4.69) is 11.4 Å². The van der Waals surface area contributed by atoms with Crippen LogP contribution in [0.3, 0.4) is 0 Å². The molecule has 1 aliphatic heterocycles. The van der Waals surface area contributed by atoms with Gasteiger partial charge in [0.1, 0.15) is 11.3 Å². The number of para-hydroxylation sites is 2. The van der Waals surface area contributed by atoms with Gasteiger partial charge in [-0.1, -0.05) is 12.1 Å². The van der Waals surface area contributed by atoms with Crippen LogP contribution in [0.1, 0.15) is 12.8 Å². The lowest BCUT2D eigenvalue weighted by Crippen LogP contribution is -2.40. The van der Waals surface area contributed by atoms with E-state index in [1.807, 2.05) is 36.0 Å². The molecular formula is C13H16N2OS. The number of hydrogen-bond donors (Lipinski definition) is 1. The summed E-state index contributed by atoms with van der Waals surface area (Å²) in [5.41, 5.74) is 0.475. The van der Waals surface area contributed by atoms with Crippen molar-refractivity contribution in [3.63, 3.8) is 0 Å². The topological polar surface area (TPSA) is 45.0 Å². The summed E-state index contributed by atoms with van der Waals surface area (Å²) in [6, 6.07) is 10.2. The van der Waals surface area contributed by atoms with E-state index in [1.54, 1.807) is 7.11 Å². The molecule has 0 aromatic heterocycles. The van der Waals surface area contributed by atoms with E-state index in [-0.39, 0.29) is 0 Å². The minimum Gasteiger partial charge on any atom is -0.495 e. The Morgan fingerprint density at radius 3 is 2.71 bits per heavy atom. The number of hydrogen-bond acceptors (Lipinski definition) is 4. The number of rotatable bonds is 3. The van der Waals surface area contributed by atoms with Crippen LogP contribution in [-0.2, 0) is 0 Å². The largest absolute Gasteiger partial charge is 0.495 e. The first-order valence-electron chi connectivity index (χ1n) is 5.70. The summed E-state index contributed by atoms with van der Waals surface area (Å²) in [6.07, 6.45) is 1.76. The minimum atomic E-state index is -0.431. The fourth-order valence-corrected chi connectivity index (χ4v) is 3.18. The Labute approximate surface area is 106 Å². The van der Waals surface area contributed by atoms with Gasteiger partial charge >= 0.3 is 0 Å². The maximum absolute atomic E-state index is 9.40. The molecule has 3 nitrogen and oxygen atoms in total. The van der Waals surface area contributed by atoms with Gasteiger partial charge in [0.25, 0.3) is 0 Å². The van der Waals surface area contributed by atoms with Crippen LogP contribution >= 0.6 is 11.8 Å². The molecule has 0 amide bonds. The van der Waals surface area contributed by atoms with Crippen molar-refractivity contribution in [1.29, 1.82) is 5.26 Å². The van der Waals surface area contributed by atoms with Crippen LogP contribution in [0.5, 0.6) is 5.75 Å². The van der Waals surface area contributed by atoms with Crippen LogP contribution in [0, 0.1) is 11.3 Å². The minimum absolute atomic E-state index is 0.431. The quantitative estimate of drug-likeness (QED) is 0.893. The van der Waals surface area contributed by atoms with Crippen LogP contribution in [0.2, 0.25) is 0 Å². The highest BCUT2D eigenvalue weighted by atomic mass is 32.2. The van der Waals surface area contributed by atoms with Gasteiger partial charge in [0.2, 0.25) is 0 Å². The van der Waals surface area contributed by atoms with Crippen molar-refractivity contribution >= 4 is 17.4 Å². The Bertz CT molecular complexity index is 422. The third kappa shape index (κ3) is 2.67. The third-order valence-corrected chi connectivity index (χ3v) is 4.03. The van der Waals surface area contributed by atoms with Crippen molar-refractivity contribution in [2.45, 2.75) is 18.4 Å². The van der Waals surface area contributed by atoms with Crippen LogP contribution in [0.25, 0.3) is 0 Å². The monoisotopic (exact) mass is 248 g/mol. The molecule has 0 radical (unpaired) electrons. The average Bonchev–Trinajstić information content (AvgIpc) is 2.40. The Morgan fingerprint density at radius 2 is 2.06 bits per heavy atom. The molecule has 1 fully saturated rings. The molecule has 1 N–H and O–H groups in total. The first-order valence-corrected chi connectivity index (χ1v) is 6.85. The molecule has 0 unspecified atom stereocenters. The Balaban J connectivity index is 2.21. The van der Waals surface area contributed by atoms with E-state index < -0.39 is 5.54 Å². The predicted molar refractivity (Wildman–Crippen MR) is 71.5 cm³/mol. The number of anilines is 1. The Morgan fingerprint density at radius 1 is 1.35 bits per heavy atom. The van der Waals surface area contributed by atoms with Crippen molar-refractivity contribution < 1.29 is 4.74 Å². The predicted octanol–water partition coefficient (Wildman–Crippen LogP) is 2.90. The smallest absolute Gasteiger partial charge is 0.141 e. The highest BCUT2D eigenvalue weighted by molar-refractivity contribution is 7.99. The summed E-state index contributed by atoms with van der Waals surface area (Å²) < 4.78 is 5.30. The molecule has 0 spiro atoms. The normalized spacial score (nSPS) is 18.1. The molecule has 0 bridgehead atoms. The molecular weight excluding hydrogens is 232 g/mol. The highest BCUT2D eigenvalue weighted by Crippen LogP contribution is 2.33.